The van der Waals surface area contributed by atoms with Gasteiger partial charge in [0.05, 0.1) is 12.8 Å². The first kappa shape index (κ1) is 24.6. The molecule has 1 N–H and O–H groups in total. The second kappa shape index (κ2) is 11.2. The van der Waals surface area contributed by atoms with E-state index < -0.39 is 6.03 Å². The van der Waals surface area contributed by atoms with E-state index in [4.69, 9.17) is 9.47 Å². The molecule has 0 saturated carbocycles. The Bertz CT molecular complexity index is 1130. The van der Waals surface area contributed by atoms with Crippen molar-refractivity contribution in [3.8, 4) is 11.8 Å². The van der Waals surface area contributed by atoms with Gasteiger partial charge in [-0.2, -0.15) is 5.26 Å². The van der Waals surface area contributed by atoms with E-state index in [0.717, 1.165) is 5.56 Å². The molecule has 0 fully saturated rings. The Morgan fingerprint density at radius 2 is 2.15 bits per heavy atom. The Hall–Kier alpha value is -4.04. The third-order valence-corrected chi connectivity index (χ3v) is 5.34. The smallest absolute Gasteiger partial charge is 0.328 e. The number of aromatic nitrogens is 2. The van der Waals surface area contributed by atoms with Crippen LogP contribution in [0.1, 0.15) is 40.5 Å². The van der Waals surface area contributed by atoms with E-state index >= 15 is 0 Å². The topological polar surface area (TPSA) is 138 Å². The maximum Gasteiger partial charge on any atom is 0.328 e. The average Bonchev–Trinajstić information content (AvgIpc) is 2.83. The third-order valence-electron chi connectivity index (χ3n) is 5.34. The van der Waals surface area contributed by atoms with Crippen molar-refractivity contribution in [2.45, 2.75) is 26.3 Å². The van der Waals surface area contributed by atoms with Gasteiger partial charge in [-0.25, -0.2) is 14.8 Å². The largest absolute Gasteiger partial charge is 0.490 e. The van der Waals surface area contributed by atoms with Gasteiger partial charge in [0, 0.05) is 45.8 Å². The molecule has 0 aliphatic carbocycles. The summed E-state index contributed by atoms with van der Waals surface area (Å²) in [7, 11) is 3.19. The molecule has 2 aromatic rings. The van der Waals surface area contributed by atoms with Crippen molar-refractivity contribution < 1.29 is 23.9 Å². The van der Waals surface area contributed by atoms with Crippen LogP contribution in [0.3, 0.4) is 0 Å². The number of methoxy groups -OCH3 is 1. The number of carbonyl (C=O) groups excluding carboxylic acids is 3. The molecule has 11 heteroatoms. The number of hydrogen-bond acceptors (Lipinski definition) is 8. The van der Waals surface area contributed by atoms with Crippen molar-refractivity contribution in [1.82, 2.24) is 14.9 Å². The van der Waals surface area contributed by atoms with Crippen LogP contribution in [0.25, 0.3) is 0 Å². The summed E-state index contributed by atoms with van der Waals surface area (Å²) in [4.78, 5) is 47.9. The zero-order valence-electron chi connectivity index (χ0n) is 19.3. The van der Waals surface area contributed by atoms with Gasteiger partial charge in [0.25, 0.3) is 0 Å². The van der Waals surface area contributed by atoms with Crippen molar-refractivity contribution >= 4 is 29.9 Å². The zero-order valence-corrected chi connectivity index (χ0v) is 19.3. The number of nitriles is 1. The van der Waals surface area contributed by atoms with Gasteiger partial charge in [-0.1, -0.05) is 0 Å². The van der Waals surface area contributed by atoms with Crippen LogP contribution in [0.5, 0.6) is 5.75 Å². The first-order valence-electron chi connectivity index (χ1n) is 10.7. The number of nitrogens with zero attached hydrogens (tertiary/aromatic N) is 5. The fourth-order valence-electron chi connectivity index (χ4n) is 3.47. The van der Waals surface area contributed by atoms with E-state index in [9.17, 15) is 19.6 Å². The van der Waals surface area contributed by atoms with Crippen LogP contribution in [0.2, 0.25) is 0 Å². The second-order valence-electron chi connectivity index (χ2n) is 7.71. The van der Waals surface area contributed by atoms with E-state index in [2.05, 4.69) is 15.3 Å². The van der Waals surface area contributed by atoms with Crippen LogP contribution in [-0.4, -0.2) is 67.0 Å². The lowest BCUT2D eigenvalue weighted by Crippen LogP contribution is -2.40. The maximum absolute atomic E-state index is 13.1. The van der Waals surface area contributed by atoms with Crippen LogP contribution in [0.4, 0.5) is 16.4 Å². The van der Waals surface area contributed by atoms with Gasteiger partial charge in [-0.05, 0) is 24.5 Å². The monoisotopic (exact) mass is 466 g/mol. The van der Waals surface area contributed by atoms with E-state index in [0.29, 0.717) is 43.7 Å². The number of carbonyl (C=O) groups is 3. The number of aryl methyl sites for hydroxylation is 1. The molecule has 1 aliphatic rings. The molecule has 0 radical (unpaired) electrons. The minimum Gasteiger partial charge on any atom is -0.490 e. The van der Waals surface area contributed by atoms with Gasteiger partial charge in [0.2, 0.25) is 5.91 Å². The Morgan fingerprint density at radius 1 is 1.35 bits per heavy atom. The number of ether oxygens (including phenoxy) is 2. The molecular weight excluding hydrogens is 440 g/mol. The zero-order chi connectivity index (χ0) is 24.7. The number of urea groups is 1. The summed E-state index contributed by atoms with van der Waals surface area (Å²) >= 11 is 0. The summed E-state index contributed by atoms with van der Waals surface area (Å²) in [6, 6.07) is 4.83. The van der Waals surface area contributed by atoms with Crippen molar-refractivity contribution in [3.05, 3.63) is 40.7 Å². The summed E-state index contributed by atoms with van der Waals surface area (Å²) in [5.41, 5.74) is 1.85. The highest BCUT2D eigenvalue weighted by molar-refractivity contribution is 6.01. The highest BCUT2D eigenvalue weighted by Crippen LogP contribution is 2.29. The SMILES string of the molecule is COCCOc1cc(NC(=O)N2CCCc3cc(CN(C)C(C)=O)c(C=O)nc32)ncc1C#N. The Morgan fingerprint density at radius 3 is 2.82 bits per heavy atom. The summed E-state index contributed by atoms with van der Waals surface area (Å²) < 4.78 is 10.5. The summed E-state index contributed by atoms with van der Waals surface area (Å²) in [5, 5.41) is 12.0. The van der Waals surface area contributed by atoms with Crippen molar-refractivity contribution in [1.29, 1.82) is 5.26 Å². The lowest BCUT2D eigenvalue weighted by molar-refractivity contribution is -0.128. The first-order valence-corrected chi connectivity index (χ1v) is 10.7. The molecule has 0 saturated heterocycles. The van der Waals surface area contributed by atoms with Gasteiger partial charge >= 0.3 is 6.03 Å². The van der Waals surface area contributed by atoms with Gasteiger partial charge in [0.15, 0.2) is 6.29 Å². The standard InChI is InChI=1S/C23H26N6O5/c1-15(31)28(2)13-17-9-16-5-4-6-29(22(16)26-19(17)14-30)23(32)27-21-10-20(34-8-7-33-3)18(11-24)12-25-21/h9-10,12,14H,4-8,13H2,1-3H3,(H,25,27,32). The highest BCUT2D eigenvalue weighted by Gasteiger charge is 2.26. The van der Waals surface area contributed by atoms with Crippen LogP contribution in [0.15, 0.2) is 18.3 Å². The highest BCUT2D eigenvalue weighted by atomic mass is 16.5. The molecule has 178 valence electrons. The molecular formula is C23H26N6O5. The van der Waals surface area contributed by atoms with Gasteiger partial charge in [0.1, 0.15) is 41.3 Å². The van der Waals surface area contributed by atoms with Gasteiger partial charge < -0.3 is 14.4 Å². The van der Waals surface area contributed by atoms with E-state index in [-0.39, 0.29) is 41.9 Å². The molecule has 3 amide bonds. The molecule has 3 heterocycles. The lowest BCUT2D eigenvalue weighted by Gasteiger charge is -2.29. The van der Waals surface area contributed by atoms with E-state index in [1.807, 2.05) is 12.1 Å². The molecule has 2 aromatic heterocycles. The third kappa shape index (κ3) is 5.65. The number of anilines is 2. The number of nitrogens with one attached hydrogen (secondary N) is 1. The quantitative estimate of drug-likeness (QED) is 0.461. The summed E-state index contributed by atoms with van der Waals surface area (Å²) in [6.45, 7) is 2.68. The maximum atomic E-state index is 13.1. The van der Waals surface area contributed by atoms with Gasteiger partial charge in [-0.3, -0.25) is 19.8 Å². The molecule has 11 nitrogen and oxygen atoms in total. The molecule has 34 heavy (non-hydrogen) atoms. The predicted octanol–water partition coefficient (Wildman–Crippen LogP) is 2.15. The van der Waals surface area contributed by atoms with Crippen LogP contribution in [-0.2, 0) is 22.5 Å². The second-order valence-corrected chi connectivity index (χ2v) is 7.71. The molecule has 0 unspecified atom stereocenters. The Balaban J connectivity index is 1.84. The predicted molar refractivity (Wildman–Crippen MR) is 123 cm³/mol. The summed E-state index contributed by atoms with van der Waals surface area (Å²) in [5.74, 6) is 0.754. The number of fused-ring (bicyclic) bond motifs is 1. The van der Waals surface area contributed by atoms with Crippen LogP contribution < -0.4 is 15.0 Å². The normalized spacial score (nSPS) is 12.4. The van der Waals surface area contributed by atoms with Gasteiger partial charge in [-0.15, -0.1) is 0 Å². The van der Waals surface area contributed by atoms with Crippen molar-refractivity contribution in [2.75, 3.05) is 44.1 Å². The number of aldehydes is 1. The van der Waals surface area contributed by atoms with Crippen LogP contribution in [0, 0.1) is 11.3 Å². The van der Waals surface area contributed by atoms with E-state index in [1.54, 1.807) is 7.05 Å². The minimum atomic E-state index is -0.473. The molecule has 1 aliphatic heterocycles. The molecule has 0 bridgehead atoms. The minimum absolute atomic E-state index is 0.129. The number of rotatable bonds is 8. The van der Waals surface area contributed by atoms with Crippen LogP contribution >= 0.6 is 0 Å². The number of amides is 3. The molecule has 0 aromatic carbocycles. The Labute approximate surface area is 197 Å². The van der Waals surface area contributed by atoms with Crippen molar-refractivity contribution in [3.63, 3.8) is 0 Å². The number of hydrogen-bond donors (Lipinski definition) is 1. The molecule has 0 spiro atoms. The molecule has 0 atom stereocenters. The summed E-state index contributed by atoms with van der Waals surface area (Å²) in [6.07, 6.45) is 3.34. The van der Waals surface area contributed by atoms with Crippen molar-refractivity contribution in [2.24, 2.45) is 0 Å². The molecule has 3 rings (SSSR count). The fourth-order valence-corrected chi connectivity index (χ4v) is 3.47. The lowest BCUT2D eigenvalue weighted by atomic mass is 10.0. The number of pyridine rings is 2. The first-order chi connectivity index (χ1) is 16.4. The fraction of sp³-hybridized carbons (Fsp3) is 0.391. The average molecular weight is 466 g/mol. The Kier molecular flexibility index (Phi) is 8.10. The van der Waals surface area contributed by atoms with E-state index in [1.165, 1.54) is 36.1 Å².